The van der Waals surface area contributed by atoms with Crippen LogP contribution in [-0.2, 0) is 6.42 Å². The molecule has 58 heavy (non-hydrogen) atoms. The normalized spacial score (nSPS) is 12.8. The molecule has 0 N–H and O–H groups in total. The summed E-state index contributed by atoms with van der Waals surface area (Å²) in [7, 11) is 0. The Morgan fingerprint density at radius 1 is 0.466 bits per heavy atom. The Kier molecular flexibility index (Phi) is 7.54. The van der Waals surface area contributed by atoms with E-state index in [4.69, 9.17) is 14.4 Å². The van der Waals surface area contributed by atoms with Crippen LogP contribution in [0.2, 0.25) is 0 Å². The molecule has 0 saturated carbocycles. The summed E-state index contributed by atoms with van der Waals surface area (Å²) < 4.78 is 8.91. The fraction of sp³-hybridized carbons (Fsp3) is 0.0370. The second-order valence-corrected chi connectivity index (χ2v) is 16.3. The van der Waals surface area contributed by atoms with Crippen LogP contribution in [0.5, 0.6) is 0 Å². The fourth-order valence-corrected chi connectivity index (χ4v) is 9.94. The molecule has 4 heteroatoms. The Labute approximate surface area is 339 Å². The molecule has 0 fully saturated rings. The van der Waals surface area contributed by atoms with E-state index in [0.29, 0.717) is 0 Å². The van der Waals surface area contributed by atoms with Crippen molar-refractivity contribution < 1.29 is 4.42 Å². The first-order valence-corrected chi connectivity index (χ1v) is 20.7. The van der Waals surface area contributed by atoms with Gasteiger partial charge in [0.15, 0.2) is 5.82 Å². The second kappa shape index (κ2) is 13.2. The van der Waals surface area contributed by atoms with Crippen molar-refractivity contribution in [3.05, 3.63) is 199 Å². The lowest BCUT2D eigenvalue weighted by molar-refractivity contribution is 0.545. The number of aromatic nitrogens is 2. The van der Waals surface area contributed by atoms with Crippen molar-refractivity contribution in [2.75, 3.05) is 0 Å². The highest BCUT2D eigenvalue weighted by Gasteiger charge is 2.26. The summed E-state index contributed by atoms with van der Waals surface area (Å²) in [4.78, 5) is 10.9. The Balaban J connectivity index is 0.963. The van der Waals surface area contributed by atoms with Gasteiger partial charge >= 0.3 is 0 Å². The van der Waals surface area contributed by atoms with Crippen LogP contribution < -0.4 is 0 Å². The Bertz CT molecular complexity index is 3450. The van der Waals surface area contributed by atoms with Gasteiger partial charge in [-0.3, -0.25) is 0 Å². The van der Waals surface area contributed by atoms with Crippen molar-refractivity contribution in [2.24, 2.45) is 0 Å². The van der Waals surface area contributed by atoms with Crippen LogP contribution >= 0.6 is 11.3 Å². The van der Waals surface area contributed by atoms with Crippen LogP contribution in [0.15, 0.2) is 186 Å². The molecule has 3 heterocycles. The summed E-state index contributed by atoms with van der Waals surface area (Å²) in [5.41, 5.74) is 13.2. The predicted molar refractivity (Wildman–Crippen MR) is 243 cm³/mol. The topological polar surface area (TPSA) is 38.9 Å². The molecular weight excluding hydrogens is 725 g/mol. The Morgan fingerprint density at radius 3 is 1.84 bits per heavy atom. The van der Waals surface area contributed by atoms with Crippen LogP contribution in [0.25, 0.3) is 103 Å². The lowest BCUT2D eigenvalue weighted by Gasteiger charge is -2.15. The quantitative estimate of drug-likeness (QED) is 0.175. The molecule has 272 valence electrons. The third-order valence-corrected chi connectivity index (χ3v) is 12.9. The molecular formula is C54H34N2OS. The van der Waals surface area contributed by atoms with Gasteiger partial charge in [-0.15, -0.1) is 11.3 Å². The molecule has 11 aromatic rings. The molecule has 0 atom stereocenters. The van der Waals surface area contributed by atoms with Gasteiger partial charge in [-0.2, -0.15) is 0 Å². The number of rotatable bonds is 5. The van der Waals surface area contributed by atoms with Gasteiger partial charge in [-0.05, 0) is 97.7 Å². The number of benzene rings is 8. The summed E-state index contributed by atoms with van der Waals surface area (Å²) in [6, 6.07) is 63.3. The molecule has 3 nitrogen and oxygen atoms in total. The molecule has 0 aliphatic heterocycles. The number of aryl methyl sites for hydroxylation is 1. The maximum absolute atomic E-state index is 6.60. The Hall–Kier alpha value is -7.14. The smallest absolute Gasteiger partial charge is 0.160 e. The van der Waals surface area contributed by atoms with Crippen molar-refractivity contribution >= 4 is 69.7 Å². The zero-order chi connectivity index (χ0) is 38.2. The molecule has 0 saturated heterocycles. The van der Waals surface area contributed by atoms with Crippen molar-refractivity contribution in [1.82, 2.24) is 9.97 Å². The average Bonchev–Trinajstić information content (AvgIpc) is 3.87. The third-order valence-electron chi connectivity index (χ3n) is 11.7. The number of hydrogen-bond donors (Lipinski definition) is 0. The minimum absolute atomic E-state index is 0.736. The highest BCUT2D eigenvalue weighted by atomic mass is 32.1. The molecule has 0 bridgehead atoms. The van der Waals surface area contributed by atoms with Gasteiger partial charge in [0.05, 0.1) is 15.9 Å². The number of fused-ring (bicyclic) bond motifs is 8. The van der Waals surface area contributed by atoms with E-state index >= 15 is 0 Å². The van der Waals surface area contributed by atoms with E-state index in [0.717, 1.165) is 79.0 Å². The first kappa shape index (κ1) is 33.0. The maximum Gasteiger partial charge on any atom is 0.160 e. The van der Waals surface area contributed by atoms with Crippen molar-refractivity contribution in [2.45, 2.75) is 12.8 Å². The first-order valence-electron chi connectivity index (χ1n) is 19.9. The summed E-state index contributed by atoms with van der Waals surface area (Å²) in [5.74, 6) is 1.73. The number of thiophene rings is 1. The van der Waals surface area contributed by atoms with Crippen molar-refractivity contribution in [3.8, 4) is 44.6 Å². The van der Waals surface area contributed by atoms with E-state index in [2.05, 4.69) is 182 Å². The number of allylic oxidation sites excluding steroid dienone is 1. The number of nitrogens with zero attached hydrogens (tertiary/aromatic N) is 2. The highest BCUT2D eigenvalue weighted by Crippen LogP contribution is 2.44. The molecule has 0 unspecified atom stereocenters. The monoisotopic (exact) mass is 758 g/mol. The highest BCUT2D eigenvalue weighted by molar-refractivity contribution is 7.26. The van der Waals surface area contributed by atoms with E-state index in [1.54, 1.807) is 11.3 Å². The molecule has 0 amide bonds. The van der Waals surface area contributed by atoms with E-state index in [9.17, 15) is 0 Å². The van der Waals surface area contributed by atoms with E-state index in [1.165, 1.54) is 54.1 Å². The van der Waals surface area contributed by atoms with Crippen LogP contribution in [-0.4, -0.2) is 9.97 Å². The molecule has 12 rings (SSSR count). The first-order chi connectivity index (χ1) is 28.7. The summed E-state index contributed by atoms with van der Waals surface area (Å²) in [5, 5.41) is 7.14. The van der Waals surface area contributed by atoms with Gasteiger partial charge in [0.25, 0.3) is 0 Å². The maximum atomic E-state index is 6.60. The summed E-state index contributed by atoms with van der Waals surface area (Å²) in [6.07, 6.45) is 4.02. The molecule has 8 aromatic carbocycles. The fourth-order valence-electron chi connectivity index (χ4n) is 8.79. The lowest BCUT2D eigenvalue weighted by Crippen LogP contribution is -2.03. The predicted octanol–water partition coefficient (Wildman–Crippen LogP) is 14.9. The molecule has 1 aliphatic rings. The van der Waals surface area contributed by atoms with Crippen LogP contribution in [0, 0.1) is 0 Å². The van der Waals surface area contributed by atoms with E-state index in [-0.39, 0.29) is 0 Å². The number of hydrogen-bond acceptors (Lipinski definition) is 4. The minimum atomic E-state index is 0.736. The minimum Gasteiger partial charge on any atom is -0.460 e. The van der Waals surface area contributed by atoms with Gasteiger partial charge in [0, 0.05) is 38.6 Å². The second-order valence-electron chi connectivity index (χ2n) is 15.2. The largest absolute Gasteiger partial charge is 0.460 e. The van der Waals surface area contributed by atoms with Crippen LogP contribution in [0.1, 0.15) is 23.6 Å². The number of furan rings is 1. The average molecular weight is 759 g/mol. The van der Waals surface area contributed by atoms with Gasteiger partial charge in [0.2, 0.25) is 0 Å². The molecule has 1 aliphatic carbocycles. The zero-order valence-electron chi connectivity index (χ0n) is 31.4. The Morgan fingerprint density at radius 2 is 1.05 bits per heavy atom. The molecule has 0 radical (unpaired) electrons. The van der Waals surface area contributed by atoms with Crippen LogP contribution in [0.3, 0.4) is 0 Å². The van der Waals surface area contributed by atoms with Crippen molar-refractivity contribution in [1.29, 1.82) is 0 Å². The SMILES string of the molecule is C1=C(c2nc(-c3ccc4cc(-c5ccccc5)ccc4c3)c3sc4ccccc4c3n2)c2c(oc3ccc(-c4ccc(-c5ccc6ccccc6c5)cc4)cc23)CC1. The van der Waals surface area contributed by atoms with Gasteiger partial charge in [-0.25, -0.2) is 9.97 Å². The van der Waals surface area contributed by atoms with Gasteiger partial charge in [-0.1, -0.05) is 146 Å². The van der Waals surface area contributed by atoms with E-state index in [1.807, 2.05) is 0 Å². The molecule has 3 aromatic heterocycles. The summed E-state index contributed by atoms with van der Waals surface area (Å²) >= 11 is 1.77. The lowest BCUT2D eigenvalue weighted by atomic mass is 9.92. The summed E-state index contributed by atoms with van der Waals surface area (Å²) in [6.45, 7) is 0. The van der Waals surface area contributed by atoms with Gasteiger partial charge < -0.3 is 4.42 Å². The van der Waals surface area contributed by atoms with Gasteiger partial charge in [0.1, 0.15) is 11.3 Å². The third kappa shape index (κ3) is 5.48. The van der Waals surface area contributed by atoms with E-state index < -0.39 is 0 Å². The van der Waals surface area contributed by atoms with Crippen molar-refractivity contribution in [3.63, 3.8) is 0 Å². The zero-order valence-corrected chi connectivity index (χ0v) is 32.3. The standard InChI is InChI=1S/C54H34N2OS/c1-2-9-33(10-3-1)38-23-24-41-31-43(26-25-40(41)30-38)51-53-52(44-13-6-7-16-49(44)58-53)56-54(55-51)45-14-8-15-48-50(45)46-32-42(27-28-47(46)57-48)36-19-17-35(18-20-36)39-22-21-34-11-4-5-12-37(34)29-39/h1-7,9-14,16-32H,8,15H2. The molecule has 0 spiro atoms. The van der Waals surface area contributed by atoms with Crippen LogP contribution in [0.4, 0.5) is 0 Å².